The quantitative estimate of drug-likeness (QED) is 0.783. The van der Waals surface area contributed by atoms with Crippen molar-refractivity contribution >= 4 is 17.9 Å². The normalized spacial score (nSPS) is 20.4. The molecule has 0 aromatic heterocycles. The van der Waals surface area contributed by atoms with E-state index in [2.05, 4.69) is 72.6 Å². The molecule has 1 saturated heterocycles. The standard InChI is InChI=1S/C18H24AsN/c1-20-14-12-19(13-15-20,18-10-6-3-7-11-18)16-17-8-4-2-5-9-17/h2-11,19H,12-16H2,1H3. The van der Waals surface area contributed by atoms with Gasteiger partial charge >= 0.3 is 125 Å². The predicted molar refractivity (Wildman–Crippen MR) is 90.5 cm³/mol. The summed E-state index contributed by atoms with van der Waals surface area (Å²) in [5, 5.41) is 4.23. The third kappa shape index (κ3) is 3.00. The average Bonchev–Trinajstić information content (AvgIpc) is 2.52. The van der Waals surface area contributed by atoms with Crippen LogP contribution in [-0.2, 0) is 5.21 Å². The third-order valence-corrected chi connectivity index (χ3v) is 15.2. The Balaban J connectivity index is 1.92. The molecule has 20 heavy (non-hydrogen) atoms. The maximum absolute atomic E-state index is 2.50. The van der Waals surface area contributed by atoms with Gasteiger partial charge in [0.1, 0.15) is 0 Å². The summed E-state index contributed by atoms with van der Waals surface area (Å²) in [7, 11) is 2.26. The predicted octanol–water partition coefficient (Wildman–Crippen LogP) is 2.80. The van der Waals surface area contributed by atoms with E-state index in [4.69, 9.17) is 0 Å². The van der Waals surface area contributed by atoms with E-state index in [0.717, 1.165) is 0 Å². The first-order valence-electron chi connectivity index (χ1n) is 7.57. The van der Waals surface area contributed by atoms with Crippen molar-refractivity contribution in [2.24, 2.45) is 0 Å². The van der Waals surface area contributed by atoms with Gasteiger partial charge in [-0.15, -0.1) is 0 Å². The molecule has 3 rings (SSSR count). The van der Waals surface area contributed by atoms with Crippen molar-refractivity contribution in [2.75, 3.05) is 20.1 Å². The van der Waals surface area contributed by atoms with Crippen LogP contribution in [0.2, 0.25) is 10.4 Å². The first-order valence-corrected chi connectivity index (χ1v) is 13.1. The molecule has 1 aliphatic rings. The van der Waals surface area contributed by atoms with Crippen LogP contribution in [0.4, 0.5) is 0 Å². The van der Waals surface area contributed by atoms with E-state index in [-0.39, 0.29) is 0 Å². The van der Waals surface area contributed by atoms with Gasteiger partial charge in [0, 0.05) is 0 Å². The summed E-state index contributed by atoms with van der Waals surface area (Å²) < 4.78 is 1.70. The summed E-state index contributed by atoms with van der Waals surface area (Å²) >= 11 is -1.98. The van der Waals surface area contributed by atoms with Crippen LogP contribution in [0.1, 0.15) is 5.56 Å². The van der Waals surface area contributed by atoms with E-state index in [9.17, 15) is 0 Å². The Morgan fingerprint density at radius 3 is 2.00 bits per heavy atom. The molecule has 0 unspecified atom stereocenters. The first-order chi connectivity index (χ1) is 9.78. The van der Waals surface area contributed by atoms with Gasteiger partial charge in [-0.05, 0) is 0 Å². The Morgan fingerprint density at radius 1 is 0.850 bits per heavy atom. The number of nitrogens with zero attached hydrogens (tertiary/aromatic N) is 1. The number of benzene rings is 2. The van der Waals surface area contributed by atoms with Crippen LogP contribution in [0, 0.1) is 0 Å². The van der Waals surface area contributed by atoms with Gasteiger partial charge in [0.2, 0.25) is 0 Å². The van der Waals surface area contributed by atoms with Crippen molar-refractivity contribution in [2.45, 2.75) is 15.6 Å². The molecule has 2 aromatic rings. The van der Waals surface area contributed by atoms with Crippen molar-refractivity contribution in [1.82, 2.24) is 4.90 Å². The fourth-order valence-corrected chi connectivity index (χ4v) is 13.7. The molecule has 0 amide bonds. The Morgan fingerprint density at radius 2 is 1.40 bits per heavy atom. The van der Waals surface area contributed by atoms with Crippen molar-refractivity contribution in [3.63, 3.8) is 0 Å². The second-order valence-electron chi connectivity index (χ2n) is 6.11. The Hall–Kier alpha value is -1.04. The van der Waals surface area contributed by atoms with E-state index in [1.165, 1.54) is 28.7 Å². The van der Waals surface area contributed by atoms with Gasteiger partial charge in [-0.25, -0.2) is 0 Å². The monoisotopic (exact) mass is 329 g/mol. The summed E-state index contributed by atoms with van der Waals surface area (Å²) in [5.74, 6) is 0. The van der Waals surface area contributed by atoms with Crippen LogP contribution < -0.4 is 4.35 Å². The molecule has 2 heteroatoms. The van der Waals surface area contributed by atoms with E-state index in [1.807, 2.05) is 0 Å². The van der Waals surface area contributed by atoms with Gasteiger partial charge in [-0.1, -0.05) is 0 Å². The molecule has 2 aromatic carbocycles. The van der Waals surface area contributed by atoms with E-state index in [1.54, 1.807) is 9.91 Å². The summed E-state index contributed by atoms with van der Waals surface area (Å²) in [4.78, 5) is 2.50. The molecule has 106 valence electrons. The van der Waals surface area contributed by atoms with Gasteiger partial charge in [-0.3, -0.25) is 0 Å². The van der Waals surface area contributed by atoms with E-state index < -0.39 is 13.6 Å². The van der Waals surface area contributed by atoms with Gasteiger partial charge in [0.15, 0.2) is 0 Å². The fraction of sp³-hybridized carbons (Fsp3) is 0.333. The second kappa shape index (κ2) is 6.16. The molecule has 1 nitrogen and oxygen atoms in total. The van der Waals surface area contributed by atoms with E-state index in [0.29, 0.717) is 0 Å². The molecular formula is C18H24AsN. The molecule has 1 heterocycles. The number of hydrogen-bond acceptors (Lipinski definition) is 1. The minimum absolute atomic E-state index is 1.28. The van der Waals surface area contributed by atoms with Crippen LogP contribution in [0.3, 0.4) is 0 Å². The SMILES string of the molecule is CN1CC[AsH](Cc2ccccc2)(c2ccccc2)CC1. The molecular weight excluding hydrogens is 305 g/mol. The van der Waals surface area contributed by atoms with Gasteiger partial charge in [0.25, 0.3) is 0 Å². The summed E-state index contributed by atoms with van der Waals surface area (Å²) in [6.07, 6.45) is 0. The molecule has 0 bridgehead atoms. The molecule has 1 aliphatic heterocycles. The summed E-state index contributed by atoms with van der Waals surface area (Å²) in [6.45, 7) is 2.56. The minimum atomic E-state index is -1.98. The Labute approximate surface area is 125 Å². The van der Waals surface area contributed by atoms with Crippen LogP contribution in [0.15, 0.2) is 60.7 Å². The molecule has 0 atom stereocenters. The number of rotatable bonds is 3. The zero-order valence-corrected chi connectivity index (χ0v) is 14.4. The summed E-state index contributed by atoms with van der Waals surface area (Å²) in [6, 6.07) is 22.5. The Kier molecular flexibility index (Phi) is 4.29. The van der Waals surface area contributed by atoms with Crippen molar-refractivity contribution in [3.8, 4) is 0 Å². The molecule has 0 radical (unpaired) electrons. The van der Waals surface area contributed by atoms with Crippen LogP contribution in [-0.4, -0.2) is 38.6 Å². The van der Waals surface area contributed by atoms with Crippen LogP contribution >= 0.6 is 0 Å². The summed E-state index contributed by atoms with van der Waals surface area (Å²) in [5.41, 5.74) is 1.54. The van der Waals surface area contributed by atoms with Gasteiger partial charge in [-0.2, -0.15) is 0 Å². The molecule has 0 spiro atoms. The average molecular weight is 329 g/mol. The molecule has 1 fully saturated rings. The van der Waals surface area contributed by atoms with Crippen molar-refractivity contribution < 1.29 is 0 Å². The molecule has 0 saturated carbocycles. The van der Waals surface area contributed by atoms with Gasteiger partial charge in [0.05, 0.1) is 0 Å². The van der Waals surface area contributed by atoms with Crippen molar-refractivity contribution in [3.05, 3.63) is 66.2 Å². The van der Waals surface area contributed by atoms with Crippen LogP contribution in [0.25, 0.3) is 0 Å². The zero-order chi connectivity index (χ0) is 13.8. The topological polar surface area (TPSA) is 3.24 Å². The van der Waals surface area contributed by atoms with Crippen LogP contribution in [0.5, 0.6) is 0 Å². The Bertz CT molecular complexity index is 530. The number of hydrogen-bond donors (Lipinski definition) is 0. The van der Waals surface area contributed by atoms with E-state index >= 15 is 0 Å². The zero-order valence-electron chi connectivity index (χ0n) is 12.3. The molecule has 0 aliphatic carbocycles. The fourth-order valence-electron chi connectivity index (χ4n) is 3.39. The third-order valence-electron chi connectivity index (χ3n) is 4.72. The van der Waals surface area contributed by atoms with Gasteiger partial charge < -0.3 is 0 Å². The molecule has 0 N–H and O–H groups in total. The first kappa shape index (κ1) is 13.9. The second-order valence-corrected chi connectivity index (χ2v) is 15.5. The van der Waals surface area contributed by atoms with Crippen molar-refractivity contribution in [1.29, 1.82) is 0 Å². The maximum atomic E-state index is 2.50.